The number of nitrogens with one attached hydrogen (secondary N) is 3. The minimum atomic E-state index is -1.41. The van der Waals surface area contributed by atoms with Gasteiger partial charge < -0.3 is 44.7 Å². The first-order valence-corrected chi connectivity index (χ1v) is 16.5. The van der Waals surface area contributed by atoms with Crippen molar-refractivity contribution in [1.29, 1.82) is 0 Å². The normalized spacial score (nSPS) is 16.5. The van der Waals surface area contributed by atoms with Crippen LogP contribution in [-0.4, -0.2) is 93.1 Å². The Kier molecular flexibility index (Phi) is 12.6. The van der Waals surface area contributed by atoms with Crippen LogP contribution in [0.15, 0.2) is 73.2 Å². The van der Waals surface area contributed by atoms with Crippen LogP contribution in [-0.2, 0) is 35.2 Å². The Balaban J connectivity index is 1.53. The number of hydrogen-bond acceptors (Lipinski definition) is 10. The Hall–Kier alpha value is -4.95. The predicted octanol–water partition coefficient (Wildman–Crippen LogP) is 3.37. The van der Waals surface area contributed by atoms with E-state index in [9.17, 15) is 24.3 Å². The molecule has 2 aromatic carbocycles. The number of ether oxygens (including phenoxy) is 3. The minimum absolute atomic E-state index is 0.104. The molecule has 4 atom stereocenters. The molecule has 2 heterocycles. The number of aliphatic hydroxyl groups excluding tert-OH is 1. The molecule has 3 aromatic rings. The predicted molar refractivity (Wildman–Crippen MR) is 185 cm³/mol. The number of anilines is 1. The van der Waals surface area contributed by atoms with Gasteiger partial charge in [0.2, 0.25) is 5.91 Å². The second kappa shape index (κ2) is 16.6. The smallest absolute Gasteiger partial charge is 0.408 e. The van der Waals surface area contributed by atoms with E-state index in [-0.39, 0.29) is 24.9 Å². The van der Waals surface area contributed by atoms with Gasteiger partial charge in [-0.3, -0.25) is 9.59 Å². The molecular formula is C36H48N6O8. The van der Waals surface area contributed by atoms with Crippen LogP contribution in [0.3, 0.4) is 0 Å². The summed E-state index contributed by atoms with van der Waals surface area (Å²) in [6, 6.07) is 16.0. The van der Waals surface area contributed by atoms with Gasteiger partial charge in [0.1, 0.15) is 35.3 Å². The first-order chi connectivity index (χ1) is 23.7. The van der Waals surface area contributed by atoms with Crippen molar-refractivity contribution in [3.05, 3.63) is 84.3 Å². The molecule has 270 valence electrons. The molecule has 1 saturated heterocycles. The van der Waals surface area contributed by atoms with E-state index in [2.05, 4.69) is 20.9 Å². The van der Waals surface area contributed by atoms with Crippen LogP contribution in [0.5, 0.6) is 0 Å². The molecule has 50 heavy (non-hydrogen) atoms. The number of carbonyl (C=O) groups is 4. The van der Waals surface area contributed by atoms with E-state index in [0.717, 1.165) is 5.56 Å². The third-order valence-corrected chi connectivity index (χ3v) is 8.04. The molecule has 4 N–H and O–H groups in total. The molecule has 0 saturated carbocycles. The number of carbonyl (C=O) groups excluding carboxylic acids is 4. The fraction of sp³-hybridized carbons (Fsp3) is 0.472. The summed E-state index contributed by atoms with van der Waals surface area (Å²) in [5, 5.41) is 19.6. The van der Waals surface area contributed by atoms with Crippen LogP contribution < -0.4 is 16.0 Å². The number of imidazole rings is 1. The lowest BCUT2D eigenvalue weighted by Gasteiger charge is -2.31. The van der Waals surface area contributed by atoms with E-state index in [4.69, 9.17) is 14.2 Å². The van der Waals surface area contributed by atoms with E-state index < -0.39 is 53.5 Å². The van der Waals surface area contributed by atoms with Gasteiger partial charge >= 0.3 is 12.1 Å². The number of benzene rings is 2. The molecular weight excluding hydrogens is 644 g/mol. The monoisotopic (exact) mass is 692 g/mol. The van der Waals surface area contributed by atoms with E-state index in [1.165, 1.54) is 32.2 Å². The van der Waals surface area contributed by atoms with Crippen molar-refractivity contribution >= 4 is 29.7 Å². The highest BCUT2D eigenvalue weighted by Crippen LogP contribution is 2.28. The largest absolute Gasteiger partial charge is 0.467 e. The molecule has 1 unspecified atom stereocenters. The fourth-order valence-electron chi connectivity index (χ4n) is 5.50. The Labute approximate surface area is 292 Å². The zero-order chi connectivity index (χ0) is 36.5. The maximum atomic E-state index is 14.0. The van der Waals surface area contributed by atoms with Crippen LogP contribution in [0, 0.1) is 0 Å². The van der Waals surface area contributed by atoms with Gasteiger partial charge in [-0.2, -0.15) is 0 Å². The number of nitrogens with zero attached hydrogens (tertiary/aromatic N) is 3. The summed E-state index contributed by atoms with van der Waals surface area (Å²) in [6.07, 6.45) is 2.02. The topological polar surface area (TPSA) is 173 Å². The lowest BCUT2D eigenvalue weighted by molar-refractivity contribution is -0.151. The van der Waals surface area contributed by atoms with Gasteiger partial charge in [-0.15, -0.1) is 0 Å². The molecule has 0 spiro atoms. The van der Waals surface area contributed by atoms with Crippen molar-refractivity contribution in [2.45, 2.75) is 89.6 Å². The number of aromatic nitrogens is 2. The second-order valence-electron chi connectivity index (χ2n) is 13.7. The summed E-state index contributed by atoms with van der Waals surface area (Å²) in [7, 11) is 1.30. The summed E-state index contributed by atoms with van der Waals surface area (Å²) >= 11 is 0. The summed E-state index contributed by atoms with van der Waals surface area (Å²) in [6.45, 7) is 8.70. The Morgan fingerprint density at radius 1 is 1.00 bits per heavy atom. The SMILES string of the molecule is COC(=O)[C@@H]1CCCN1C(=O)C(c1ccccc1)n1cnc(N[C@@H](O)[C@@H](COCc2ccccc2)NC(=O)C(C)(C)NC(=O)OC(C)(C)C)c1. The number of aliphatic hydroxyl groups is 1. The molecule has 3 amide bonds. The summed E-state index contributed by atoms with van der Waals surface area (Å²) in [5.74, 6) is -1.15. The number of likely N-dealkylation sites (tertiary alicyclic amines) is 1. The average Bonchev–Trinajstić information content (AvgIpc) is 3.74. The average molecular weight is 693 g/mol. The zero-order valence-corrected chi connectivity index (χ0v) is 29.4. The van der Waals surface area contributed by atoms with Crippen molar-refractivity contribution in [1.82, 2.24) is 25.1 Å². The highest BCUT2D eigenvalue weighted by atomic mass is 16.6. The minimum Gasteiger partial charge on any atom is -0.467 e. The third-order valence-electron chi connectivity index (χ3n) is 8.04. The van der Waals surface area contributed by atoms with Crippen LogP contribution in [0.4, 0.5) is 10.6 Å². The molecule has 4 rings (SSSR count). The molecule has 1 aliphatic rings. The molecule has 14 heteroatoms. The molecule has 1 aromatic heterocycles. The van der Waals surface area contributed by atoms with Gasteiger partial charge in [-0.25, -0.2) is 14.6 Å². The van der Waals surface area contributed by atoms with Gasteiger partial charge in [-0.1, -0.05) is 60.7 Å². The number of esters is 1. The van der Waals surface area contributed by atoms with E-state index >= 15 is 0 Å². The number of methoxy groups -OCH3 is 1. The van der Waals surface area contributed by atoms with E-state index in [0.29, 0.717) is 24.9 Å². The lowest BCUT2D eigenvalue weighted by atomic mass is 10.0. The summed E-state index contributed by atoms with van der Waals surface area (Å²) < 4.78 is 17.8. The first-order valence-electron chi connectivity index (χ1n) is 16.5. The zero-order valence-electron chi connectivity index (χ0n) is 29.4. The van der Waals surface area contributed by atoms with Gasteiger partial charge in [0.05, 0.1) is 32.7 Å². The van der Waals surface area contributed by atoms with Crippen molar-refractivity contribution < 1.29 is 38.5 Å². The molecule has 14 nitrogen and oxygen atoms in total. The van der Waals surface area contributed by atoms with Crippen molar-refractivity contribution in [2.75, 3.05) is 25.6 Å². The second-order valence-corrected chi connectivity index (χ2v) is 13.7. The number of amides is 3. The lowest BCUT2D eigenvalue weighted by Crippen LogP contribution is -2.60. The Morgan fingerprint density at radius 3 is 2.30 bits per heavy atom. The van der Waals surface area contributed by atoms with Crippen LogP contribution in [0.25, 0.3) is 0 Å². The third kappa shape index (κ3) is 10.3. The van der Waals surface area contributed by atoms with E-state index in [1.807, 2.05) is 60.7 Å². The molecule has 0 aliphatic carbocycles. The van der Waals surface area contributed by atoms with Crippen molar-refractivity contribution in [3.8, 4) is 0 Å². The highest BCUT2D eigenvalue weighted by Gasteiger charge is 2.39. The van der Waals surface area contributed by atoms with Crippen LogP contribution >= 0.6 is 0 Å². The molecule has 0 radical (unpaired) electrons. The Morgan fingerprint density at radius 2 is 1.66 bits per heavy atom. The van der Waals surface area contributed by atoms with Crippen LogP contribution in [0.1, 0.15) is 64.6 Å². The number of hydrogen-bond donors (Lipinski definition) is 4. The first kappa shape index (κ1) is 37.9. The van der Waals surface area contributed by atoms with Crippen molar-refractivity contribution in [2.24, 2.45) is 0 Å². The summed E-state index contributed by atoms with van der Waals surface area (Å²) in [4.78, 5) is 58.3. The molecule has 0 bridgehead atoms. The highest BCUT2D eigenvalue weighted by molar-refractivity contribution is 5.90. The molecule has 1 aliphatic heterocycles. The van der Waals surface area contributed by atoms with Gasteiger partial charge in [0.25, 0.3) is 5.91 Å². The van der Waals surface area contributed by atoms with Crippen molar-refractivity contribution in [3.63, 3.8) is 0 Å². The molecule has 1 fully saturated rings. The summed E-state index contributed by atoms with van der Waals surface area (Å²) in [5.41, 5.74) is -0.607. The van der Waals surface area contributed by atoms with Gasteiger partial charge in [-0.05, 0) is 58.6 Å². The van der Waals surface area contributed by atoms with Crippen LogP contribution in [0.2, 0.25) is 0 Å². The Bertz CT molecular complexity index is 1590. The maximum absolute atomic E-state index is 14.0. The maximum Gasteiger partial charge on any atom is 0.408 e. The van der Waals surface area contributed by atoms with Gasteiger partial charge in [0.15, 0.2) is 0 Å². The standard InChI is InChI=1S/C36H48N6O8/c1-35(2,3)50-34(47)40-36(4,5)33(46)38-26(22-49-21-24-14-9-7-10-15-24)30(43)39-28-20-41(23-37-28)29(25-16-11-8-12-17-25)31(44)42-19-13-18-27(42)32(45)48-6/h7-12,14-17,20,23,26-27,29-30,39,43H,13,18-19,21-22H2,1-6H3,(H,38,46)(H,40,47)/t26-,27+,29?,30+/m1/s1. The fourth-order valence-corrected chi connectivity index (χ4v) is 5.50. The quantitative estimate of drug-likeness (QED) is 0.145. The number of alkyl carbamates (subject to hydrolysis) is 1. The number of rotatable bonds is 14. The van der Waals surface area contributed by atoms with E-state index in [1.54, 1.807) is 31.5 Å². The van der Waals surface area contributed by atoms with Gasteiger partial charge in [0, 0.05) is 12.7 Å².